The molecule has 0 atom stereocenters. The molecule has 24 heavy (non-hydrogen) atoms. The van der Waals surface area contributed by atoms with Gasteiger partial charge in [-0.1, -0.05) is 12.1 Å². The van der Waals surface area contributed by atoms with Gasteiger partial charge in [0, 0.05) is 18.0 Å². The van der Waals surface area contributed by atoms with E-state index in [0.29, 0.717) is 17.1 Å². The van der Waals surface area contributed by atoms with E-state index in [0.717, 1.165) is 11.0 Å². The lowest BCUT2D eigenvalue weighted by molar-refractivity contribution is -0.153. The molecule has 0 amide bonds. The molecular weight excluding hydrogens is 339 g/mol. The van der Waals surface area contributed by atoms with Crippen molar-refractivity contribution in [1.82, 2.24) is 13.9 Å². The number of fused-ring (bicyclic) bond motifs is 1. The number of imidazole rings is 1. The van der Waals surface area contributed by atoms with Crippen molar-refractivity contribution < 1.29 is 17.9 Å². The Hall–Kier alpha value is -2.22. The molecule has 2 aromatic heterocycles. The average Bonchev–Trinajstić information content (AvgIpc) is 2.91. The number of halogens is 3. The molecule has 0 aliphatic carbocycles. The Balaban J connectivity index is 2.07. The summed E-state index contributed by atoms with van der Waals surface area (Å²) in [6.45, 7) is 0.342. The quantitative estimate of drug-likeness (QED) is 0.694. The molecule has 0 aliphatic rings. The number of rotatable bonds is 4. The van der Waals surface area contributed by atoms with Gasteiger partial charge in [0.2, 0.25) is 0 Å². The fourth-order valence-corrected chi connectivity index (χ4v) is 3.05. The maximum Gasteiger partial charge on any atom is 0.422 e. The Bertz CT molecular complexity index is 877. The standard InChI is InChI=1S/C16H14F3N3OS/c1-10-13(23-9-16(17,18)19)7-8-20-14(10)15-21-11-5-3-4-6-12(11)22(15)24-2/h3-8H,9H2,1-2H3. The predicted octanol–water partition coefficient (Wildman–Crippen LogP) is 4.47. The van der Waals surface area contributed by atoms with Crippen LogP contribution in [-0.2, 0) is 0 Å². The normalized spacial score (nSPS) is 11.9. The van der Waals surface area contributed by atoms with Crippen molar-refractivity contribution in [3.05, 3.63) is 42.1 Å². The highest BCUT2D eigenvalue weighted by Gasteiger charge is 2.29. The number of alkyl halides is 3. The van der Waals surface area contributed by atoms with E-state index in [-0.39, 0.29) is 5.75 Å². The Morgan fingerprint density at radius 1 is 1.21 bits per heavy atom. The van der Waals surface area contributed by atoms with Crippen LogP contribution in [0, 0.1) is 6.92 Å². The Morgan fingerprint density at radius 3 is 2.67 bits per heavy atom. The fourth-order valence-electron chi connectivity index (χ4n) is 2.40. The molecule has 0 fully saturated rings. The topological polar surface area (TPSA) is 39.9 Å². The maximum absolute atomic E-state index is 12.4. The number of ether oxygens (including phenoxy) is 1. The molecule has 0 N–H and O–H groups in total. The number of benzene rings is 1. The van der Waals surface area contributed by atoms with Crippen LogP contribution in [0.4, 0.5) is 13.2 Å². The van der Waals surface area contributed by atoms with Gasteiger partial charge in [0.05, 0.1) is 11.0 Å². The van der Waals surface area contributed by atoms with E-state index in [1.54, 1.807) is 6.92 Å². The lowest BCUT2D eigenvalue weighted by Gasteiger charge is -2.13. The molecule has 126 valence electrons. The minimum Gasteiger partial charge on any atom is -0.484 e. The van der Waals surface area contributed by atoms with Crippen molar-refractivity contribution in [2.45, 2.75) is 13.1 Å². The number of nitrogens with zero attached hydrogens (tertiary/aromatic N) is 3. The van der Waals surface area contributed by atoms with Crippen LogP contribution in [0.5, 0.6) is 5.75 Å². The third-order valence-electron chi connectivity index (χ3n) is 3.46. The Kier molecular flexibility index (Phi) is 4.40. The van der Waals surface area contributed by atoms with Crippen LogP contribution in [0.3, 0.4) is 0 Å². The summed E-state index contributed by atoms with van der Waals surface area (Å²) in [4.78, 5) is 8.87. The fraction of sp³-hybridized carbons (Fsp3) is 0.250. The van der Waals surface area contributed by atoms with Gasteiger partial charge in [-0.25, -0.2) is 4.98 Å². The van der Waals surface area contributed by atoms with Gasteiger partial charge < -0.3 is 4.74 Å². The predicted molar refractivity (Wildman–Crippen MR) is 88.2 cm³/mol. The minimum absolute atomic E-state index is 0.150. The van der Waals surface area contributed by atoms with E-state index in [1.165, 1.54) is 24.2 Å². The molecular formula is C16H14F3N3OS. The highest BCUT2D eigenvalue weighted by atomic mass is 32.2. The molecule has 0 radical (unpaired) electrons. The third kappa shape index (κ3) is 3.19. The zero-order chi connectivity index (χ0) is 17.3. The van der Waals surface area contributed by atoms with E-state index in [9.17, 15) is 13.2 Å². The van der Waals surface area contributed by atoms with Gasteiger partial charge in [0.1, 0.15) is 11.4 Å². The Morgan fingerprint density at radius 2 is 1.96 bits per heavy atom. The second-order valence-corrected chi connectivity index (χ2v) is 5.82. The first-order valence-electron chi connectivity index (χ1n) is 7.08. The van der Waals surface area contributed by atoms with E-state index < -0.39 is 12.8 Å². The van der Waals surface area contributed by atoms with Crippen LogP contribution in [0.2, 0.25) is 0 Å². The van der Waals surface area contributed by atoms with E-state index >= 15 is 0 Å². The van der Waals surface area contributed by atoms with Crippen molar-refractivity contribution in [1.29, 1.82) is 0 Å². The molecule has 1 aromatic carbocycles. The van der Waals surface area contributed by atoms with Gasteiger partial charge >= 0.3 is 6.18 Å². The van der Waals surface area contributed by atoms with Crippen LogP contribution in [0.15, 0.2) is 36.5 Å². The molecule has 0 unspecified atom stereocenters. The summed E-state index contributed by atoms with van der Waals surface area (Å²) in [5.74, 6) is 0.732. The van der Waals surface area contributed by atoms with Crippen molar-refractivity contribution in [2.75, 3.05) is 12.9 Å². The van der Waals surface area contributed by atoms with Crippen molar-refractivity contribution in [2.24, 2.45) is 0 Å². The summed E-state index contributed by atoms with van der Waals surface area (Å²) in [6.07, 6.45) is -1.06. The maximum atomic E-state index is 12.4. The summed E-state index contributed by atoms with van der Waals surface area (Å²) in [6, 6.07) is 9.03. The molecule has 0 saturated carbocycles. The van der Waals surface area contributed by atoms with Gasteiger partial charge in [-0.05, 0) is 37.1 Å². The first kappa shape index (κ1) is 16.6. The molecule has 8 heteroatoms. The van der Waals surface area contributed by atoms with Gasteiger partial charge in [-0.3, -0.25) is 8.96 Å². The third-order valence-corrected chi connectivity index (χ3v) is 4.19. The number of para-hydroxylation sites is 2. The lowest BCUT2D eigenvalue weighted by atomic mass is 10.2. The van der Waals surface area contributed by atoms with Crippen LogP contribution in [0.1, 0.15) is 5.56 Å². The number of hydrogen-bond donors (Lipinski definition) is 0. The molecule has 3 rings (SSSR count). The number of pyridine rings is 1. The zero-order valence-electron chi connectivity index (χ0n) is 13.0. The molecule has 0 spiro atoms. The summed E-state index contributed by atoms with van der Waals surface area (Å²) < 4.78 is 44.0. The molecule has 4 nitrogen and oxygen atoms in total. The van der Waals surface area contributed by atoms with E-state index in [4.69, 9.17) is 4.74 Å². The van der Waals surface area contributed by atoms with E-state index in [2.05, 4.69) is 9.97 Å². The molecule has 3 aromatic rings. The second kappa shape index (κ2) is 6.35. The lowest BCUT2D eigenvalue weighted by Crippen LogP contribution is -2.19. The van der Waals surface area contributed by atoms with Crippen molar-refractivity contribution in [3.63, 3.8) is 0 Å². The number of hydrogen-bond acceptors (Lipinski definition) is 4. The molecule has 0 bridgehead atoms. The smallest absolute Gasteiger partial charge is 0.422 e. The van der Waals surface area contributed by atoms with Crippen LogP contribution in [-0.4, -0.2) is 33.0 Å². The van der Waals surface area contributed by atoms with E-state index in [1.807, 2.05) is 34.5 Å². The van der Waals surface area contributed by atoms with Crippen LogP contribution >= 0.6 is 11.9 Å². The SMILES string of the molecule is CSn1c(-c2nccc(OCC(F)(F)F)c2C)nc2ccccc21. The largest absolute Gasteiger partial charge is 0.484 e. The highest BCUT2D eigenvalue weighted by molar-refractivity contribution is 7.97. The molecule has 0 saturated heterocycles. The zero-order valence-corrected chi connectivity index (χ0v) is 13.8. The van der Waals surface area contributed by atoms with Gasteiger partial charge in [-0.2, -0.15) is 13.2 Å². The summed E-state index contributed by atoms with van der Waals surface area (Å²) in [7, 11) is 0. The average molecular weight is 353 g/mol. The summed E-state index contributed by atoms with van der Waals surface area (Å²) in [5, 5.41) is 0. The Labute approximate surface area is 140 Å². The van der Waals surface area contributed by atoms with Crippen LogP contribution in [0.25, 0.3) is 22.6 Å². The van der Waals surface area contributed by atoms with Crippen LogP contribution < -0.4 is 4.74 Å². The van der Waals surface area contributed by atoms with Gasteiger partial charge in [0.15, 0.2) is 12.4 Å². The van der Waals surface area contributed by atoms with Crippen molar-refractivity contribution in [3.8, 4) is 17.3 Å². The summed E-state index contributed by atoms with van der Waals surface area (Å²) >= 11 is 1.45. The first-order chi connectivity index (χ1) is 11.4. The second-order valence-electron chi connectivity index (χ2n) is 5.09. The number of aromatic nitrogens is 3. The van der Waals surface area contributed by atoms with Gasteiger partial charge in [-0.15, -0.1) is 0 Å². The highest BCUT2D eigenvalue weighted by Crippen LogP contribution is 2.32. The summed E-state index contributed by atoms with van der Waals surface area (Å²) in [5.41, 5.74) is 2.74. The minimum atomic E-state index is -4.39. The first-order valence-corrected chi connectivity index (χ1v) is 8.26. The van der Waals surface area contributed by atoms with Crippen molar-refractivity contribution >= 4 is 23.0 Å². The molecule has 2 heterocycles. The monoisotopic (exact) mass is 353 g/mol. The van der Waals surface area contributed by atoms with Gasteiger partial charge in [0.25, 0.3) is 0 Å². The molecule has 0 aliphatic heterocycles.